The molecule has 0 heterocycles. The van der Waals surface area contributed by atoms with Gasteiger partial charge in [0.1, 0.15) is 11.6 Å². The second kappa shape index (κ2) is 9.76. The van der Waals surface area contributed by atoms with Gasteiger partial charge in [0.05, 0.1) is 11.5 Å². The third-order valence-electron chi connectivity index (χ3n) is 3.39. The van der Waals surface area contributed by atoms with Gasteiger partial charge in [-0.2, -0.15) is 0 Å². The van der Waals surface area contributed by atoms with E-state index < -0.39 is 35.3 Å². The summed E-state index contributed by atoms with van der Waals surface area (Å²) in [6.07, 6.45) is 2.01. The standard InChI is InChI=1S/C16H21N3O6S/c1-9(2)6-12(16(22)23)18-14(20)8-17-15(21)11-7-10(26-3)4-5-13(11)19(24)25/h4-5,7,9,12H,6,8H2,1-3H3,(H,17,21)(H,18,20)(H,22,23)/t12-/m0/s1. The molecule has 0 saturated heterocycles. The molecule has 0 spiro atoms. The van der Waals surface area contributed by atoms with Gasteiger partial charge in [-0.3, -0.25) is 19.7 Å². The number of thioether (sulfide) groups is 1. The highest BCUT2D eigenvalue weighted by Crippen LogP contribution is 2.24. The number of carboxylic acids is 1. The second-order valence-corrected chi connectivity index (χ2v) is 6.79. The summed E-state index contributed by atoms with van der Waals surface area (Å²) in [6.45, 7) is 3.16. The molecule has 0 fully saturated rings. The first kappa shape index (κ1) is 21.4. The number of hydrogen-bond acceptors (Lipinski definition) is 6. The van der Waals surface area contributed by atoms with Crippen LogP contribution in [0.5, 0.6) is 0 Å². The monoisotopic (exact) mass is 383 g/mol. The van der Waals surface area contributed by atoms with Gasteiger partial charge in [-0.1, -0.05) is 13.8 Å². The van der Waals surface area contributed by atoms with E-state index in [1.807, 2.05) is 13.8 Å². The van der Waals surface area contributed by atoms with Crippen LogP contribution in [0.4, 0.5) is 5.69 Å². The Morgan fingerprint density at radius 3 is 2.46 bits per heavy atom. The fourth-order valence-corrected chi connectivity index (χ4v) is 2.62. The fraction of sp³-hybridized carbons (Fsp3) is 0.438. The van der Waals surface area contributed by atoms with Crippen molar-refractivity contribution in [2.24, 2.45) is 5.92 Å². The third kappa shape index (κ3) is 6.36. The first-order valence-corrected chi connectivity index (χ1v) is 9.01. The predicted octanol–water partition coefficient (Wildman–Crippen LogP) is 1.66. The van der Waals surface area contributed by atoms with Crippen LogP contribution in [0.3, 0.4) is 0 Å². The zero-order chi connectivity index (χ0) is 19.9. The average molecular weight is 383 g/mol. The molecule has 142 valence electrons. The molecule has 0 aliphatic carbocycles. The molecule has 0 aliphatic rings. The van der Waals surface area contributed by atoms with E-state index in [1.165, 1.54) is 30.0 Å². The highest BCUT2D eigenvalue weighted by molar-refractivity contribution is 7.98. The van der Waals surface area contributed by atoms with Crippen LogP contribution in [-0.4, -0.2) is 46.7 Å². The number of carbonyl (C=O) groups is 3. The van der Waals surface area contributed by atoms with E-state index in [4.69, 9.17) is 5.11 Å². The summed E-state index contributed by atoms with van der Waals surface area (Å²) < 4.78 is 0. The smallest absolute Gasteiger partial charge is 0.326 e. The summed E-state index contributed by atoms with van der Waals surface area (Å²) in [7, 11) is 0. The maximum Gasteiger partial charge on any atom is 0.326 e. The lowest BCUT2D eigenvalue weighted by molar-refractivity contribution is -0.385. The van der Waals surface area contributed by atoms with Crippen LogP contribution in [0.2, 0.25) is 0 Å². The fourth-order valence-electron chi connectivity index (χ4n) is 2.18. The Balaban J connectivity index is 2.78. The summed E-state index contributed by atoms with van der Waals surface area (Å²) in [5, 5.41) is 24.8. The molecular formula is C16H21N3O6S. The molecular weight excluding hydrogens is 362 g/mol. The maximum atomic E-state index is 12.2. The molecule has 1 aromatic carbocycles. The maximum absolute atomic E-state index is 12.2. The van der Waals surface area contributed by atoms with Gasteiger partial charge >= 0.3 is 5.97 Å². The molecule has 2 amide bonds. The summed E-state index contributed by atoms with van der Waals surface area (Å²) in [4.78, 5) is 46.3. The van der Waals surface area contributed by atoms with E-state index in [1.54, 1.807) is 6.26 Å². The van der Waals surface area contributed by atoms with E-state index in [-0.39, 0.29) is 23.6 Å². The van der Waals surface area contributed by atoms with Gasteiger partial charge in [0, 0.05) is 11.0 Å². The number of hydrogen-bond donors (Lipinski definition) is 3. The molecule has 3 N–H and O–H groups in total. The molecule has 10 heteroatoms. The van der Waals surface area contributed by atoms with Crippen molar-refractivity contribution < 1.29 is 24.4 Å². The van der Waals surface area contributed by atoms with Crippen molar-refractivity contribution in [3.63, 3.8) is 0 Å². The Hall–Kier alpha value is -2.62. The van der Waals surface area contributed by atoms with Gasteiger partial charge in [0.25, 0.3) is 11.6 Å². The minimum Gasteiger partial charge on any atom is -0.480 e. The molecule has 0 aromatic heterocycles. The first-order chi connectivity index (χ1) is 12.1. The Kier molecular flexibility index (Phi) is 8.04. The summed E-state index contributed by atoms with van der Waals surface area (Å²) in [5.41, 5.74) is -0.532. The Labute approximate surface area is 154 Å². The van der Waals surface area contributed by atoms with Gasteiger partial charge in [-0.05, 0) is 30.7 Å². The lowest BCUT2D eigenvalue weighted by Crippen LogP contribution is -2.46. The number of aliphatic carboxylic acids is 1. The molecule has 0 bridgehead atoms. The lowest BCUT2D eigenvalue weighted by atomic mass is 10.0. The summed E-state index contributed by atoms with van der Waals surface area (Å²) >= 11 is 1.32. The van der Waals surface area contributed by atoms with E-state index in [2.05, 4.69) is 10.6 Å². The highest BCUT2D eigenvalue weighted by atomic mass is 32.2. The van der Waals surface area contributed by atoms with Crippen molar-refractivity contribution in [3.8, 4) is 0 Å². The van der Waals surface area contributed by atoms with Crippen molar-refractivity contribution in [3.05, 3.63) is 33.9 Å². The number of nitrogens with zero attached hydrogens (tertiary/aromatic N) is 1. The van der Waals surface area contributed by atoms with Gasteiger partial charge in [0.2, 0.25) is 5.91 Å². The van der Waals surface area contributed by atoms with Crippen molar-refractivity contribution in [1.29, 1.82) is 0 Å². The molecule has 0 unspecified atom stereocenters. The van der Waals surface area contributed by atoms with Gasteiger partial charge in [-0.25, -0.2) is 4.79 Å². The largest absolute Gasteiger partial charge is 0.480 e. The highest BCUT2D eigenvalue weighted by Gasteiger charge is 2.23. The van der Waals surface area contributed by atoms with Crippen LogP contribution >= 0.6 is 11.8 Å². The van der Waals surface area contributed by atoms with Crippen molar-refractivity contribution >= 4 is 35.2 Å². The molecule has 26 heavy (non-hydrogen) atoms. The van der Waals surface area contributed by atoms with Crippen LogP contribution in [-0.2, 0) is 9.59 Å². The van der Waals surface area contributed by atoms with Gasteiger partial charge < -0.3 is 15.7 Å². The van der Waals surface area contributed by atoms with E-state index in [9.17, 15) is 24.5 Å². The van der Waals surface area contributed by atoms with Crippen LogP contribution in [0, 0.1) is 16.0 Å². The molecule has 9 nitrogen and oxygen atoms in total. The molecule has 0 aliphatic heterocycles. The Morgan fingerprint density at radius 2 is 1.96 bits per heavy atom. The number of nitro groups is 1. The Bertz CT molecular complexity index is 707. The molecule has 0 saturated carbocycles. The van der Waals surface area contributed by atoms with E-state index in [0.29, 0.717) is 4.90 Å². The molecule has 1 atom stereocenters. The quantitative estimate of drug-likeness (QED) is 0.335. The molecule has 1 rings (SSSR count). The zero-order valence-electron chi connectivity index (χ0n) is 14.6. The SMILES string of the molecule is CSc1ccc([N+](=O)[O-])c(C(=O)NCC(=O)N[C@@H](CC(C)C)C(=O)O)c1. The lowest BCUT2D eigenvalue weighted by Gasteiger charge is -2.16. The van der Waals surface area contributed by atoms with E-state index >= 15 is 0 Å². The number of benzene rings is 1. The van der Waals surface area contributed by atoms with Crippen LogP contribution in [0.15, 0.2) is 23.1 Å². The average Bonchev–Trinajstić information content (AvgIpc) is 2.57. The number of rotatable bonds is 9. The van der Waals surface area contributed by atoms with Gasteiger partial charge in [-0.15, -0.1) is 11.8 Å². The number of nitrogens with one attached hydrogen (secondary N) is 2. The first-order valence-electron chi connectivity index (χ1n) is 7.78. The number of amides is 2. The Morgan fingerprint density at radius 1 is 1.31 bits per heavy atom. The predicted molar refractivity (Wildman–Crippen MR) is 96.2 cm³/mol. The second-order valence-electron chi connectivity index (χ2n) is 5.91. The van der Waals surface area contributed by atoms with Crippen molar-refractivity contribution in [2.45, 2.75) is 31.2 Å². The van der Waals surface area contributed by atoms with E-state index in [0.717, 1.165) is 0 Å². The minimum atomic E-state index is -1.17. The third-order valence-corrected chi connectivity index (χ3v) is 4.12. The normalized spacial score (nSPS) is 11.7. The molecule has 1 aromatic rings. The topological polar surface area (TPSA) is 139 Å². The van der Waals surface area contributed by atoms with Crippen LogP contribution in [0.25, 0.3) is 0 Å². The van der Waals surface area contributed by atoms with Crippen molar-refractivity contribution in [1.82, 2.24) is 10.6 Å². The van der Waals surface area contributed by atoms with Gasteiger partial charge in [0.15, 0.2) is 0 Å². The number of nitro benzene ring substituents is 1. The summed E-state index contributed by atoms with van der Waals surface area (Å²) in [6, 6.07) is 3.06. The summed E-state index contributed by atoms with van der Waals surface area (Å²) in [5.74, 6) is -2.57. The number of carbonyl (C=O) groups excluding carboxylic acids is 2. The van der Waals surface area contributed by atoms with Crippen LogP contribution < -0.4 is 10.6 Å². The minimum absolute atomic E-state index is 0.0583. The molecule has 0 radical (unpaired) electrons. The van der Waals surface area contributed by atoms with Crippen LogP contribution in [0.1, 0.15) is 30.6 Å². The number of carboxylic acid groups (broad SMARTS) is 1. The van der Waals surface area contributed by atoms with Crippen molar-refractivity contribution in [2.75, 3.05) is 12.8 Å². The zero-order valence-corrected chi connectivity index (χ0v) is 15.5.